The van der Waals surface area contributed by atoms with Gasteiger partial charge in [0.15, 0.2) is 0 Å². The molecule has 0 bridgehead atoms. The maximum absolute atomic E-state index is 8.83. The van der Waals surface area contributed by atoms with Crippen LogP contribution in [-0.2, 0) is 0 Å². The van der Waals surface area contributed by atoms with E-state index in [4.69, 9.17) is 21.5 Å². The van der Waals surface area contributed by atoms with Gasteiger partial charge in [0, 0.05) is 11.5 Å². The lowest BCUT2D eigenvalue weighted by atomic mass is 10.0. The molecule has 1 atom stereocenters. The topological polar surface area (TPSA) is 98.0 Å². The summed E-state index contributed by atoms with van der Waals surface area (Å²) in [6.45, 7) is 8.52. The summed E-state index contributed by atoms with van der Waals surface area (Å²) in [5, 5.41) is 8.83. The van der Waals surface area contributed by atoms with Gasteiger partial charge >= 0.3 is 0 Å². The molecule has 84 valence electrons. The monoisotopic (exact) mass is 218 g/mol. The zero-order chi connectivity index (χ0) is 12.3. The van der Waals surface area contributed by atoms with Gasteiger partial charge in [0.1, 0.15) is 17.5 Å². The van der Waals surface area contributed by atoms with Crippen molar-refractivity contribution in [3.63, 3.8) is 0 Å². The maximum Gasteiger partial charge on any atom is 0.221 e. The predicted octanol–water partition coefficient (Wildman–Crippen LogP) is 1.42. The summed E-state index contributed by atoms with van der Waals surface area (Å²) < 4.78 is 5.29. The van der Waals surface area contributed by atoms with Gasteiger partial charge in [0.2, 0.25) is 5.88 Å². The van der Waals surface area contributed by atoms with Crippen LogP contribution >= 0.6 is 0 Å². The Hall–Kier alpha value is -2.22. The number of ether oxygens (including phenoxy) is 1. The Morgan fingerprint density at radius 1 is 1.50 bits per heavy atom. The summed E-state index contributed by atoms with van der Waals surface area (Å²) in [6, 6.07) is 1.95. The first-order valence-corrected chi connectivity index (χ1v) is 4.77. The van der Waals surface area contributed by atoms with Gasteiger partial charge in [-0.1, -0.05) is 6.92 Å². The van der Waals surface area contributed by atoms with E-state index >= 15 is 0 Å². The maximum atomic E-state index is 8.83. The lowest BCUT2D eigenvalue weighted by Crippen LogP contribution is -2.04. The van der Waals surface area contributed by atoms with Crippen LogP contribution in [0.5, 0.6) is 5.88 Å². The summed E-state index contributed by atoms with van der Waals surface area (Å²) in [5.41, 5.74) is 12.8. The number of anilines is 2. The third-order valence-corrected chi connectivity index (χ3v) is 2.34. The van der Waals surface area contributed by atoms with Crippen molar-refractivity contribution in [2.24, 2.45) is 0 Å². The molecule has 1 aromatic heterocycles. The number of rotatable bonds is 0. The summed E-state index contributed by atoms with van der Waals surface area (Å²) in [4.78, 5) is 3.99. The van der Waals surface area contributed by atoms with Gasteiger partial charge in [0.05, 0.1) is 12.3 Å². The largest absolute Gasteiger partial charge is 0.477 e. The molecule has 2 rings (SSSR count). The number of hydrogen-bond donors (Lipinski definition) is 2. The van der Waals surface area contributed by atoms with Crippen LogP contribution in [0, 0.1) is 11.3 Å². The molecule has 0 radical (unpaired) electrons. The summed E-state index contributed by atoms with van der Waals surface area (Å²) in [5.74, 6) is 0.773. The second-order valence-electron chi connectivity index (χ2n) is 3.33. The molecule has 5 heteroatoms. The van der Waals surface area contributed by atoms with Crippen molar-refractivity contribution in [3.05, 3.63) is 24.3 Å². The van der Waals surface area contributed by atoms with Crippen molar-refractivity contribution in [2.75, 3.05) is 18.1 Å². The minimum absolute atomic E-state index is 0.137. The molecule has 0 spiro atoms. The van der Waals surface area contributed by atoms with Gasteiger partial charge in [-0.2, -0.15) is 10.2 Å². The van der Waals surface area contributed by atoms with Crippen LogP contribution < -0.4 is 16.2 Å². The van der Waals surface area contributed by atoms with E-state index in [-0.39, 0.29) is 17.3 Å². The normalized spacial score (nSPS) is 16.4. The van der Waals surface area contributed by atoms with E-state index in [9.17, 15) is 0 Å². The van der Waals surface area contributed by atoms with Crippen LogP contribution in [0.3, 0.4) is 0 Å². The first-order valence-electron chi connectivity index (χ1n) is 4.77. The van der Waals surface area contributed by atoms with Crippen LogP contribution in [0.25, 0.3) is 0 Å². The Morgan fingerprint density at radius 3 is 2.69 bits per heavy atom. The van der Waals surface area contributed by atoms with E-state index in [1.54, 1.807) is 0 Å². The molecule has 0 fully saturated rings. The molecule has 1 aliphatic rings. The smallest absolute Gasteiger partial charge is 0.221 e. The average molecular weight is 218 g/mol. The van der Waals surface area contributed by atoms with Crippen LogP contribution in [-0.4, -0.2) is 11.6 Å². The minimum atomic E-state index is 0.137. The first kappa shape index (κ1) is 11.9. The Bertz CT molecular complexity index is 450. The lowest BCUT2D eigenvalue weighted by Gasteiger charge is -2.07. The van der Waals surface area contributed by atoms with Gasteiger partial charge in [0.25, 0.3) is 0 Å². The molecule has 2 heterocycles. The van der Waals surface area contributed by atoms with Crippen molar-refractivity contribution >= 4 is 11.5 Å². The van der Waals surface area contributed by atoms with E-state index in [2.05, 4.69) is 18.1 Å². The van der Waals surface area contributed by atoms with Crippen molar-refractivity contribution in [1.29, 1.82) is 5.26 Å². The van der Waals surface area contributed by atoms with Gasteiger partial charge < -0.3 is 16.2 Å². The van der Waals surface area contributed by atoms with Crippen LogP contribution in [0.2, 0.25) is 0 Å². The fourth-order valence-corrected chi connectivity index (χ4v) is 1.60. The third-order valence-electron chi connectivity index (χ3n) is 2.34. The van der Waals surface area contributed by atoms with E-state index in [1.165, 1.54) is 0 Å². The van der Waals surface area contributed by atoms with E-state index in [1.807, 2.05) is 13.0 Å². The number of nitrogens with two attached hydrogens (primary N) is 2. The Balaban J connectivity index is 0.000000606. The van der Waals surface area contributed by atoms with Crippen molar-refractivity contribution in [3.8, 4) is 11.9 Å². The highest BCUT2D eigenvalue weighted by atomic mass is 16.5. The molecule has 0 saturated heterocycles. The van der Waals surface area contributed by atoms with Crippen LogP contribution in [0.15, 0.2) is 13.2 Å². The number of pyridine rings is 1. The number of nitriles is 1. The van der Waals surface area contributed by atoms with Gasteiger partial charge in [-0.25, -0.2) is 0 Å². The van der Waals surface area contributed by atoms with Crippen molar-refractivity contribution in [2.45, 2.75) is 12.8 Å². The highest BCUT2D eigenvalue weighted by Crippen LogP contribution is 2.39. The summed E-state index contributed by atoms with van der Waals surface area (Å²) in [6.07, 6.45) is 0. The lowest BCUT2D eigenvalue weighted by molar-refractivity contribution is 0.327. The SMILES string of the molecule is C=C.CC1COc2nc(N)c(C#N)c(N)c21. The fourth-order valence-electron chi connectivity index (χ4n) is 1.60. The third kappa shape index (κ3) is 1.65. The highest BCUT2D eigenvalue weighted by molar-refractivity contribution is 5.71. The molecule has 0 aromatic carbocycles. The van der Waals surface area contributed by atoms with Crippen LogP contribution in [0.4, 0.5) is 11.5 Å². The van der Waals surface area contributed by atoms with Crippen LogP contribution in [0.1, 0.15) is 24.0 Å². The van der Waals surface area contributed by atoms with Crippen molar-refractivity contribution < 1.29 is 4.74 Å². The van der Waals surface area contributed by atoms with Gasteiger partial charge in [-0.15, -0.1) is 13.2 Å². The van der Waals surface area contributed by atoms with E-state index in [0.717, 1.165) is 5.56 Å². The fraction of sp³-hybridized carbons (Fsp3) is 0.273. The first-order chi connectivity index (χ1) is 7.65. The molecule has 1 unspecified atom stereocenters. The number of fused-ring (bicyclic) bond motifs is 1. The molecule has 5 nitrogen and oxygen atoms in total. The second kappa shape index (κ2) is 4.53. The Kier molecular flexibility index (Phi) is 3.36. The van der Waals surface area contributed by atoms with E-state index < -0.39 is 0 Å². The quantitative estimate of drug-likeness (QED) is 0.641. The molecule has 0 amide bonds. The predicted molar refractivity (Wildman–Crippen MR) is 62.9 cm³/mol. The zero-order valence-electron chi connectivity index (χ0n) is 9.16. The molecule has 0 saturated carbocycles. The summed E-state index contributed by atoms with van der Waals surface area (Å²) >= 11 is 0. The van der Waals surface area contributed by atoms with Crippen molar-refractivity contribution in [1.82, 2.24) is 4.98 Å². The van der Waals surface area contributed by atoms with E-state index in [0.29, 0.717) is 18.2 Å². The second-order valence-corrected chi connectivity index (χ2v) is 3.33. The molecule has 0 aliphatic carbocycles. The summed E-state index contributed by atoms with van der Waals surface area (Å²) in [7, 11) is 0. The molecule has 16 heavy (non-hydrogen) atoms. The molecular formula is C11H14N4O. The Morgan fingerprint density at radius 2 is 2.12 bits per heavy atom. The minimum Gasteiger partial charge on any atom is -0.477 e. The number of nitrogens with zero attached hydrogens (tertiary/aromatic N) is 2. The number of aromatic nitrogens is 1. The highest BCUT2D eigenvalue weighted by Gasteiger charge is 2.27. The standard InChI is InChI=1S/C9H10N4O.C2H4/c1-4-3-14-9-6(4)7(11)5(2-10)8(12)13-9;1-2/h4H,3H2,1H3,(H4,11,12,13);1-2H2. The zero-order valence-corrected chi connectivity index (χ0v) is 9.16. The molecule has 1 aliphatic heterocycles. The van der Waals surface area contributed by atoms with Gasteiger partial charge in [-0.3, -0.25) is 0 Å². The number of hydrogen-bond acceptors (Lipinski definition) is 5. The molecular weight excluding hydrogens is 204 g/mol. The average Bonchev–Trinajstić information content (AvgIpc) is 2.63. The molecule has 1 aromatic rings. The molecule has 4 N–H and O–H groups in total. The van der Waals surface area contributed by atoms with Gasteiger partial charge in [-0.05, 0) is 0 Å². The Labute approximate surface area is 94.3 Å². The number of nitrogen functional groups attached to an aromatic ring is 2.